The van der Waals surface area contributed by atoms with E-state index in [2.05, 4.69) is 0 Å². The van der Waals surface area contributed by atoms with Crippen LogP contribution in [0, 0.1) is 17.2 Å². The second kappa shape index (κ2) is 5.07. The Kier molecular flexibility index (Phi) is 3.50. The van der Waals surface area contributed by atoms with Crippen LogP contribution in [0.25, 0.3) is 0 Å². The summed E-state index contributed by atoms with van der Waals surface area (Å²) in [6.45, 7) is 0.0522. The molecule has 0 N–H and O–H groups in total. The molecule has 17 heavy (non-hydrogen) atoms. The minimum atomic E-state index is -0.405. The molecule has 1 atom stereocenters. The van der Waals surface area contributed by atoms with Crippen LogP contribution in [0.3, 0.4) is 0 Å². The van der Waals surface area contributed by atoms with Crippen molar-refractivity contribution >= 4 is 17.6 Å². The average Bonchev–Trinajstić information content (AvgIpc) is 2.35. The van der Waals surface area contributed by atoms with Crippen LogP contribution >= 0.6 is 11.6 Å². The maximum atomic E-state index is 11.6. The summed E-state index contributed by atoms with van der Waals surface area (Å²) in [5, 5.41) is 8.94. The molecule has 0 aliphatic carbocycles. The zero-order valence-corrected chi connectivity index (χ0v) is 9.74. The van der Waals surface area contributed by atoms with Gasteiger partial charge in [-0.3, -0.25) is 4.79 Å². The van der Waals surface area contributed by atoms with Crippen molar-refractivity contribution < 1.29 is 14.3 Å². The van der Waals surface area contributed by atoms with E-state index in [1.807, 2.05) is 0 Å². The summed E-state index contributed by atoms with van der Waals surface area (Å²) in [5.41, 5.74) is 0.891. The number of nitriles is 1. The van der Waals surface area contributed by atoms with E-state index in [9.17, 15) is 4.79 Å². The van der Waals surface area contributed by atoms with E-state index in [1.54, 1.807) is 24.3 Å². The lowest BCUT2D eigenvalue weighted by atomic mass is 9.97. The van der Waals surface area contributed by atoms with Crippen LogP contribution in [0.5, 0.6) is 5.75 Å². The van der Waals surface area contributed by atoms with E-state index in [0.29, 0.717) is 11.4 Å². The normalized spacial score (nSPS) is 17.5. The van der Waals surface area contributed by atoms with Crippen LogP contribution in [0.15, 0.2) is 18.2 Å². The van der Waals surface area contributed by atoms with Crippen LogP contribution < -0.4 is 4.74 Å². The first-order chi connectivity index (χ1) is 8.20. The smallest absolute Gasteiger partial charge is 0.313 e. The predicted molar refractivity (Wildman–Crippen MR) is 60.7 cm³/mol. The van der Waals surface area contributed by atoms with Crippen molar-refractivity contribution in [3.05, 3.63) is 28.8 Å². The molecule has 0 amide bonds. The molecule has 1 aromatic rings. The molecule has 1 aliphatic heterocycles. The Morgan fingerprint density at radius 1 is 1.65 bits per heavy atom. The lowest BCUT2D eigenvalue weighted by molar-refractivity contribution is -0.148. The summed E-state index contributed by atoms with van der Waals surface area (Å²) in [6.07, 6.45) is 0.528. The molecule has 1 heterocycles. The fourth-order valence-electron chi connectivity index (χ4n) is 1.74. The van der Waals surface area contributed by atoms with Crippen molar-refractivity contribution in [2.24, 2.45) is 5.92 Å². The Bertz CT molecular complexity index is 481. The van der Waals surface area contributed by atoms with Crippen LogP contribution in [0.4, 0.5) is 0 Å². The number of hydrogen-bond donors (Lipinski definition) is 0. The molecule has 4 nitrogen and oxygen atoms in total. The number of carbonyl (C=O) groups excluding carboxylic acids is 1. The predicted octanol–water partition coefficient (Wildman–Crippen LogP) is 1.96. The summed E-state index contributed by atoms with van der Waals surface area (Å²) in [6, 6.07) is 7.07. The number of benzene rings is 1. The van der Waals surface area contributed by atoms with Crippen molar-refractivity contribution in [3.8, 4) is 11.8 Å². The Hall–Kier alpha value is -1.73. The van der Waals surface area contributed by atoms with Crippen molar-refractivity contribution in [1.82, 2.24) is 0 Å². The lowest BCUT2D eigenvalue weighted by Crippen LogP contribution is -2.29. The van der Waals surface area contributed by atoms with Crippen molar-refractivity contribution in [1.29, 1.82) is 5.26 Å². The van der Waals surface area contributed by atoms with Gasteiger partial charge in [0.1, 0.15) is 18.4 Å². The van der Waals surface area contributed by atoms with Gasteiger partial charge in [0, 0.05) is 5.02 Å². The van der Waals surface area contributed by atoms with Gasteiger partial charge in [0.2, 0.25) is 0 Å². The fraction of sp³-hybridized carbons (Fsp3) is 0.333. The van der Waals surface area contributed by atoms with Crippen molar-refractivity contribution in [2.75, 3.05) is 13.2 Å². The number of esters is 1. The Morgan fingerprint density at radius 2 is 2.47 bits per heavy atom. The zero-order valence-electron chi connectivity index (χ0n) is 8.98. The van der Waals surface area contributed by atoms with Gasteiger partial charge in [0.15, 0.2) is 6.61 Å². The van der Waals surface area contributed by atoms with E-state index in [-0.39, 0.29) is 19.1 Å². The average molecular weight is 252 g/mol. The molecule has 1 aliphatic rings. The SMILES string of the molecule is N#CCOC(=O)[C@@H]1COc2ccc(Cl)cc2C1. The number of ether oxygens (including phenoxy) is 2. The standard InChI is InChI=1S/C12H10ClNO3/c13-10-1-2-11-8(6-10)5-9(7-17-11)12(15)16-4-3-14/h1-2,6,9H,4-5,7H2/t9-/m0/s1. The molecule has 1 aromatic carbocycles. The van der Waals surface area contributed by atoms with Crippen LogP contribution in [-0.4, -0.2) is 19.2 Å². The largest absolute Gasteiger partial charge is 0.492 e. The van der Waals surface area contributed by atoms with Gasteiger partial charge in [-0.15, -0.1) is 0 Å². The van der Waals surface area contributed by atoms with E-state index >= 15 is 0 Å². The molecule has 0 spiro atoms. The van der Waals surface area contributed by atoms with Gasteiger partial charge in [-0.25, -0.2) is 0 Å². The monoisotopic (exact) mass is 251 g/mol. The highest BCUT2D eigenvalue weighted by atomic mass is 35.5. The molecule has 0 radical (unpaired) electrons. The number of fused-ring (bicyclic) bond motifs is 1. The third-order valence-electron chi connectivity index (χ3n) is 2.54. The fourth-order valence-corrected chi connectivity index (χ4v) is 1.93. The Labute approximate surface area is 104 Å². The molecule has 5 heteroatoms. The molecule has 0 saturated carbocycles. The quantitative estimate of drug-likeness (QED) is 0.754. The highest BCUT2D eigenvalue weighted by Gasteiger charge is 2.27. The number of carbonyl (C=O) groups is 1. The zero-order chi connectivity index (χ0) is 12.3. The second-order valence-electron chi connectivity index (χ2n) is 3.73. The first-order valence-electron chi connectivity index (χ1n) is 5.15. The number of nitrogens with zero attached hydrogens (tertiary/aromatic N) is 1. The molecular weight excluding hydrogens is 242 g/mol. The van der Waals surface area contributed by atoms with Crippen molar-refractivity contribution in [2.45, 2.75) is 6.42 Å². The third-order valence-corrected chi connectivity index (χ3v) is 2.78. The molecular formula is C12H10ClNO3. The molecule has 0 aromatic heterocycles. The second-order valence-corrected chi connectivity index (χ2v) is 4.17. The van der Waals surface area contributed by atoms with E-state index in [1.165, 1.54) is 0 Å². The molecule has 0 saturated heterocycles. The van der Waals surface area contributed by atoms with Gasteiger partial charge in [-0.2, -0.15) is 5.26 Å². The summed E-state index contributed by atoms with van der Waals surface area (Å²) in [4.78, 5) is 11.6. The molecule has 0 fully saturated rings. The lowest BCUT2D eigenvalue weighted by Gasteiger charge is -2.23. The minimum absolute atomic E-state index is 0.224. The number of hydrogen-bond acceptors (Lipinski definition) is 4. The van der Waals surface area contributed by atoms with Gasteiger partial charge >= 0.3 is 5.97 Å². The summed E-state index contributed by atoms with van der Waals surface area (Å²) < 4.78 is 10.2. The Morgan fingerprint density at radius 3 is 3.24 bits per heavy atom. The van der Waals surface area contributed by atoms with Crippen LogP contribution in [0.1, 0.15) is 5.56 Å². The van der Waals surface area contributed by atoms with Gasteiger partial charge in [-0.1, -0.05) is 11.6 Å². The van der Waals surface area contributed by atoms with Crippen molar-refractivity contribution in [3.63, 3.8) is 0 Å². The molecule has 0 bridgehead atoms. The summed E-state index contributed by atoms with van der Waals surface area (Å²) in [7, 11) is 0. The van der Waals surface area contributed by atoms with E-state index in [4.69, 9.17) is 26.3 Å². The molecule has 2 rings (SSSR count). The van der Waals surface area contributed by atoms with E-state index < -0.39 is 5.97 Å². The first-order valence-corrected chi connectivity index (χ1v) is 5.53. The highest BCUT2D eigenvalue weighted by molar-refractivity contribution is 6.30. The van der Waals surface area contributed by atoms with E-state index in [0.717, 1.165) is 11.3 Å². The number of rotatable bonds is 2. The van der Waals surface area contributed by atoms with Crippen LogP contribution in [0.2, 0.25) is 5.02 Å². The maximum Gasteiger partial charge on any atom is 0.313 e. The highest BCUT2D eigenvalue weighted by Crippen LogP contribution is 2.30. The Balaban J connectivity index is 2.08. The maximum absolute atomic E-state index is 11.6. The molecule has 0 unspecified atom stereocenters. The third kappa shape index (κ3) is 2.69. The van der Waals surface area contributed by atoms with Gasteiger partial charge in [0.25, 0.3) is 0 Å². The van der Waals surface area contributed by atoms with Gasteiger partial charge in [-0.05, 0) is 30.2 Å². The first kappa shape index (κ1) is 11.7. The van der Waals surface area contributed by atoms with Gasteiger partial charge < -0.3 is 9.47 Å². The van der Waals surface area contributed by atoms with Crippen LogP contribution in [-0.2, 0) is 16.0 Å². The topological polar surface area (TPSA) is 59.3 Å². The molecule has 88 valence electrons. The minimum Gasteiger partial charge on any atom is -0.492 e. The summed E-state index contributed by atoms with van der Waals surface area (Å²) >= 11 is 5.87. The number of halogens is 1. The van der Waals surface area contributed by atoms with Gasteiger partial charge in [0.05, 0.1) is 5.92 Å². The summed E-state index contributed by atoms with van der Waals surface area (Å²) in [5.74, 6) is -0.0229.